The molecule has 2 aliphatic heterocycles. The molecule has 7 heteroatoms. The van der Waals surface area contributed by atoms with Gasteiger partial charge in [0.1, 0.15) is 11.7 Å². The van der Waals surface area contributed by atoms with Gasteiger partial charge in [-0.3, -0.25) is 9.59 Å². The van der Waals surface area contributed by atoms with Crippen molar-refractivity contribution in [2.45, 2.75) is 44.8 Å². The largest absolute Gasteiger partial charge is 0.480 e. The zero-order valence-electron chi connectivity index (χ0n) is 13.8. The number of hydrogen-bond acceptors (Lipinski definition) is 4. The Morgan fingerprint density at radius 1 is 1.29 bits per heavy atom. The first-order chi connectivity index (χ1) is 11.3. The number of carboxylic acid groups (broad SMARTS) is 1. The molecule has 0 aliphatic carbocycles. The van der Waals surface area contributed by atoms with E-state index in [1.165, 1.54) is 11.8 Å². The van der Waals surface area contributed by atoms with Crippen molar-refractivity contribution >= 4 is 23.5 Å². The van der Waals surface area contributed by atoms with Crippen LogP contribution in [-0.4, -0.2) is 46.0 Å². The molecule has 1 aromatic rings. The van der Waals surface area contributed by atoms with Gasteiger partial charge in [0.15, 0.2) is 0 Å². The van der Waals surface area contributed by atoms with Crippen LogP contribution in [0.4, 0.5) is 5.69 Å². The van der Waals surface area contributed by atoms with E-state index in [9.17, 15) is 14.4 Å². The average Bonchev–Trinajstić information content (AvgIpc) is 2.66. The SMILES string of the molecule is Cc1ccc2c(c1)N[C@@]1(CCC(=O)N([C@@H](C)C(=O)O)CC1)NC2=O. The number of aliphatic carboxylic acids is 1. The zero-order valence-corrected chi connectivity index (χ0v) is 13.8. The second-order valence-corrected chi connectivity index (χ2v) is 6.56. The van der Waals surface area contributed by atoms with E-state index >= 15 is 0 Å². The number of carboxylic acids is 1. The molecule has 1 spiro atoms. The number of rotatable bonds is 2. The van der Waals surface area contributed by atoms with Crippen LogP contribution in [0.2, 0.25) is 0 Å². The van der Waals surface area contributed by atoms with Crippen molar-refractivity contribution < 1.29 is 19.5 Å². The highest BCUT2D eigenvalue weighted by Gasteiger charge is 2.41. The Labute approximate surface area is 140 Å². The number of carbonyl (C=O) groups is 3. The lowest BCUT2D eigenvalue weighted by Gasteiger charge is -2.40. The fraction of sp³-hybridized carbons (Fsp3) is 0.471. The third kappa shape index (κ3) is 2.81. The summed E-state index contributed by atoms with van der Waals surface area (Å²) in [5.74, 6) is -1.40. The fourth-order valence-electron chi connectivity index (χ4n) is 3.35. The molecular weight excluding hydrogens is 310 g/mol. The molecule has 3 rings (SSSR count). The molecule has 2 heterocycles. The van der Waals surface area contributed by atoms with Crippen molar-refractivity contribution in [2.24, 2.45) is 0 Å². The molecule has 0 unspecified atom stereocenters. The molecule has 128 valence electrons. The van der Waals surface area contributed by atoms with Crippen LogP contribution in [0.15, 0.2) is 18.2 Å². The van der Waals surface area contributed by atoms with Gasteiger partial charge < -0.3 is 20.6 Å². The standard InChI is InChI=1S/C17H21N3O4/c1-10-3-4-12-13(9-10)18-17(19-15(12)22)6-5-14(21)20(8-7-17)11(2)16(23)24/h3-4,9,11,18H,5-8H2,1-2H3,(H,19,22)(H,23,24)/t11-,17-/m0/s1. The average molecular weight is 331 g/mol. The maximum Gasteiger partial charge on any atom is 0.326 e. The van der Waals surface area contributed by atoms with E-state index in [0.717, 1.165) is 11.3 Å². The summed E-state index contributed by atoms with van der Waals surface area (Å²) in [6, 6.07) is 4.70. The number of anilines is 1. The summed E-state index contributed by atoms with van der Waals surface area (Å²) in [5, 5.41) is 15.5. The summed E-state index contributed by atoms with van der Waals surface area (Å²) in [6.07, 6.45) is 1.06. The normalized spacial score (nSPS) is 24.7. The van der Waals surface area contributed by atoms with Crippen LogP contribution < -0.4 is 10.6 Å². The fourth-order valence-corrected chi connectivity index (χ4v) is 3.35. The Kier molecular flexibility index (Phi) is 3.95. The van der Waals surface area contributed by atoms with Crippen LogP contribution in [-0.2, 0) is 9.59 Å². The number of carbonyl (C=O) groups excluding carboxylic acids is 2. The van der Waals surface area contributed by atoms with Crippen LogP contribution in [0.1, 0.15) is 42.1 Å². The Morgan fingerprint density at radius 3 is 2.75 bits per heavy atom. The second-order valence-electron chi connectivity index (χ2n) is 6.56. The van der Waals surface area contributed by atoms with Gasteiger partial charge in [-0.2, -0.15) is 0 Å². The lowest BCUT2D eigenvalue weighted by molar-refractivity contribution is -0.149. The molecule has 1 saturated heterocycles. The van der Waals surface area contributed by atoms with Crippen molar-refractivity contribution in [3.63, 3.8) is 0 Å². The number of fused-ring (bicyclic) bond motifs is 1. The first-order valence-electron chi connectivity index (χ1n) is 8.05. The van der Waals surface area contributed by atoms with E-state index in [1.54, 1.807) is 6.07 Å². The van der Waals surface area contributed by atoms with Crippen molar-refractivity contribution in [3.8, 4) is 0 Å². The van der Waals surface area contributed by atoms with Crippen LogP contribution in [0.3, 0.4) is 0 Å². The lowest BCUT2D eigenvalue weighted by atomic mass is 9.94. The molecule has 2 aliphatic rings. The molecule has 24 heavy (non-hydrogen) atoms. The Balaban J connectivity index is 1.86. The van der Waals surface area contributed by atoms with Crippen molar-refractivity contribution in [1.29, 1.82) is 0 Å². The third-order valence-electron chi connectivity index (χ3n) is 4.84. The van der Waals surface area contributed by atoms with Gasteiger partial charge in [0.05, 0.1) is 5.56 Å². The number of nitrogens with one attached hydrogen (secondary N) is 2. The number of hydrogen-bond donors (Lipinski definition) is 3. The summed E-state index contributed by atoms with van der Waals surface area (Å²) in [4.78, 5) is 37.3. The van der Waals surface area contributed by atoms with E-state index in [0.29, 0.717) is 18.4 Å². The van der Waals surface area contributed by atoms with E-state index in [-0.39, 0.29) is 24.8 Å². The highest BCUT2D eigenvalue weighted by atomic mass is 16.4. The number of amides is 2. The Bertz CT molecular complexity index is 718. The molecule has 0 saturated carbocycles. The highest BCUT2D eigenvalue weighted by molar-refractivity contribution is 6.02. The third-order valence-corrected chi connectivity index (χ3v) is 4.84. The minimum Gasteiger partial charge on any atom is -0.480 e. The van der Waals surface area contributed by atoms with Gasteiger partial charge in [0.25, 0.3) is 5.91 Å². The minimum absolute atomic E-state index is 0.170. The lowest BCUT2D eigenvalue weighted by Crippen LogP contribution is -2.58. The quantitative estimate of drug-likeness (QED) is 0.759. The van der Waals surface area contributed by atoms with E-state index in [4.69, 9.17) is 5.11 Å². The van der Waals surface area contributed by atoms with Gasteiger partial charge in [-0.1, -0.05) is 6.07 Å². The van der Waals surface area contributed by atoms with E-state index < -0.39 is 17.7 Å². The molecule has 1 fully saturated rings. The predicted octanol–water partition coefficient (Wildman–Crippen LogP) is 1.33. The smallest absolute Gasteiger partial charge is 0.326 e. The molecule has 7 nitrogen and oxygen atoms in total. The summed E-state index contributed by atoms with van der Waals surface area (Å²) in [6.45, 7) is 3.73. The first-order valence-corrected chi connectivity index (χ1v) is 8.05. The maximum atomic E-state index is 12.4. The van der Waals surface area contributed by atoms with Gasteiger partial charge in [-0.15, -0.1) is 0 Å². The minimum atomic E-state index is -1.03. The highest BCUT2D eigenvalue weighted by Crippen LogP contribution is 2.32. The molecular formula is C17H21N3O4. The van der Waals surface area contributed by atoms with Crippen LogP contribution in [0.25, 0.3) is 0 Å². The Hall–Kier alpha value is -2.57. The first kappa shape index (κ1) is 16.3. The topological polar surface area (TPSA) is 98.7 Å². The number of aryl methyl sites for hydroxylation is 1. The summed E-state index contributed by atoms with van der Waals surface area (Å²) >= 11 is 0. The predicted molar refractivity (Wildman–Crippen MR) is 87.7 cm³/mol. The van der Waals surface area contributed by atoms with Gasteiger partial charge in [0, 0.05) is 25.1 Å². The Morgan fingerprint density at radius 2 is 2.04 bits per heavy atom. The molecule has 3 N–H and O–H groups in total. The number of nitrogens with zero attached hydrogens (tertiary/aromatic N) is 1. The molecule has 0 aromatic heterocycles. The second kappa shape index (κ2) is 5.81. The van der Waals surface area contributed by atoms with Crippen molar-refractivity contribution in [2.75, 3.05) is 11.9 Å². The summed E-state index contributed by atoms with van der Waals surface area (Å²) in [5.41, 5.74) is 1.65. The van der Waals surface area contributed by atoms with Gasteiger partial charge in [-0.25, -0.2) is 4.79 Å². The van der Waals surface area contributed by atoms with Gasteiger partial charge >= 0.3 is 5.97 Å². The van der Waals surface area contributed by atoms with E-state index in [1.807, 2.05) is 19.1 Å². The maximum absolute atomic E-state index is 12.4. The number of benzene rings is 1. The summed E-state index contributed by atoms with van der Waals surface area (Å²) in [7, 11) is 0. The molecule has 1 aromatic carbocycles. The van der Waals surface area contributed by atoms with Gasteiger partial charge in [-0.05, 0) is 38.0 Å². The molecule has 0 bridgehead atoms. The zero-order chi connectivity index (χ0) is 17.5. The summed E-state index contributed by atoms with van der Waals surface area (Å²) < 4.78 is 0. The van der Waals surface area contributed by atoms with Crippen LogP contribution >= 0.6 is 0 Å². The molecule has 2 amide bonds. The van der Waals surface area contributed by atoms with Crippen LogP contribution in [0, 0.1) is 6.92 Å². The van der Waals surface area contributed by atoms with Crippen LogP contribution in [0.5, 0.6) is 0 Å². The van der Waals surface area contributed by atoms with E-state index in [2.05, 4.69) is 10.6 Å². The van der Waals surface area contributed by atoms with Crippen molar-refractivity contribution in [1.82, 2.24) is 10.2 Å². The molecule has 2 atom stereocenters. The van der Waals surface area contributed by atoms with Crippen molar-refractivity contribution in [3.05, 3.63) is 29.3 Å². The molecule has 0 radical (unpaired) electrons. The monoisotopic (exact) mass is 331 g/mol. The van der Waals surface area contributed by atoms with Gasteiger partial charge in [0.2, 0.25) is 5.91 Å². The number of likely N-dealkylation sites (tertiary alicyclic amines) is 1.